The summed E-state index contributed by atoms with van der Waals surface area (Å²) >= 11 is 0. The van der Waals surface area contributed by atoms with Crippen LogP contribution in [0, 0.1) is 11.6 Å². The average molecular weight is 575 g/mol. The molecule has 0 saturated heterocycles. The molecule has 0 spiro atoms. The van der Waals surface area contributed by atoms with Crippen molar-refractivity contribution in [3.8, 4) is 17.1 Å². The van der Waals surface area contributed by atoms with E-state index >= 15 is 0 Å². The van der Waals surface area contributed by atoms with E-state index in [9.17, 15) is 44.7 Å². The van der Waals surface area contributed by atoms with Crippen molar-refractivity contribution in [1.29, 1.82) is 0 Å². The molecule has 3 aromatic heterocycles. The van der Waals surface area contributed by atoms with E-state index in [1.54, 1.807) is 5.10 Å². The van der Waals surface area contributed by atoms with Gasteiger partial charge >= 0.3 is 6.18 Å². The lowest BCUT2D eigenvalue weighted by Gasteiger charge is -2.19. The predicted molar refractivity (Wildman–Crippen MR) is 124 cm³/mol. The molecule has 1 aromatic carbocycles. The van der Waals surface area contributed by atoms with Gasteiger partial charge in [-0.3, -0.25) is 9.59 Å². The molecule has 0 bridgehead atoms. The zero-order valence-corrected chi connectivity index (χ0v) is 20.1. The number of nitrogens with zero attached hydrogens (tertiary/aromatic N) is 4. The van der Waals surface area contributed by atoms with Crippen molar-refractivity contribution >= 4 is 10.8 Å². The maximum absolute atomic E-state index is 14.9. The zero-order valence-electron chi connectivity index (χ0n) is 20.1. The highest BCUT2D eigenvalue weighted by Gasteiger charge is 2.38. The fourth-order valence-electron chi connectivity index (χ4n) is 3.93. The molecule has 0 unspecified atom stereocenters. The van der Waals surface area contributed by atoms with Gasteiger partial charge in [0.1, 0.15) is 6.17 Å². The average Bonchev–Trinajstić information content (AvgIpc) is 2.86. The topological polar surface area (TPSA) is 103 Å². The van der Waals surface area contributed by atoms with Crippen LogP contribution in [0.4, 0.5) is 35.1 Å². The molecule has 0 aliphatic rings. The van der Waals surface area contributed by atoms with E-state index in [1.807, 2.05) is 0 Å². The minimum atomic E-state index is -5.07. The third-order valence-electron chi connectivity index (χ3n) is 5.73. The molecule has 1 N–H and O–H groups in total. The van der Waals surface area contributed by atoms with Gasteiger partial charge in [-0.25, -0.2) is 37.0 Å². The Bertz CT molecular complexity index is 1650. The molecule has 0 fully saturated rings. The molecule has 8 nitrogen and oxygen atoms in total. The number of halogens is 8. The second-order valence-electron chi connectivity index (χ2n) is 8.63. The molecule has 16 heteroatoms. The second-order valence-corrected chi connectivity index (χ2v) is 8.63. The molecule has 0 aliphatic heterocycles. The van der Waals surface area contributed by atoms with E-state index < -0.39 is 94.2 Å². The van der Waals surface area contributed by atoms with Gasteiger partial charge in [0.25, 0.3) is 17.5 Å². The van der Waals surface area contributed by atoms with Crippen LogP contribution in [0.25, 0.3) is 22.2 Å². The second kappa shape index (κ2) is 11.0. The first kappa shape index (κ1) is 28.6. The fourth-order valence-corrected chi connectivity index (χ4v) is 3.93. The number of pyridine rings is 1. The Kier molecular flexibility index (Phi) is 7.88. The summed E-state index contributed by atoms with van der Waals surface area (Å²) < 4.78 is 115. The van der Waals surface area contributed by atoms with E-state index in [4.69, 9.17) is 4.74 Å². The highest BCUT2D eigenvalue weighted by atomic mass is 19.4. The molecule has 2 atom stereocenters. The van der Waals surface area contributed by atoms with Crippen LogP contribution in [0.15, 0.2) is 46.5 Å². The molecule has 4 rings (SSSR count). The van der Waals surface area contributed by atoms with Crippen molar-refractivity contribution in [2.75, 3.05) is 0 Å². The van der Waals surface area contributed by atoms with Crippen LogP contribution in [0.5, 0.6) is 5.75 Å². The summed E-state index contributed by atoms with van der Waals surface area (Å²) in [6.07, 6.45) is -8.41. The van der Waals surface area contributed by atoms with Crippen LogP contribution in [0.3, 0.4) is 0 Å². The summed E-state index contributed by atoms with van der Waals surface area (Å²) in [6, 6.07) is 2.22. The van der Waals surface area contributed by atoms with Gasteiger partial charge in [-0.05, 0) is 24.4 Å². The first-order valence-electron chi connectivity index (χ1n) is 11.3. The van der Waals surface area contributed by atoms with Crippen molar-refractivity contribution < 1.29 is 39.9 Å². The first-order chi connectivity index (χ1) is 18.8. The van der Waals surface area contributed by atoms with Crippen molar-refractivity contribution in [3.05, 3.63) is 80.4 Å². The van der Waals surface area contributed by atoms with Gasteiger partial charge in [-0.15, -0.1) is 0 Å². The van der Waals surface area contributed by atoms with Crippen molar-refractivity contribution in [3.63, 3.8) is 0 Å². The van der Waals surface area contributed by atoms with E-state index in [0.717, 1.165) is 29.2 Å². The predicted octanol–water partition coefficient (Wildman–Crippen LogP) is 4.97. The van der Waals surface area contributed by atoms with E-state index in [1.165, 1.54) is 13.0 Å². The largest absolute Gasteiger partial charge is 0.488 e. The van der Waals surface area contributed by atoms with Crippen molar-refractivity contribution in [1.82, 2.24) is 24.7 Å². The van der Waals surface area contributed by atoms with Crippen LogP contribution in [-0.2, 0) is 12.7 Å². The van der Waals surface area contributed by atoms with Gasteiger partial charge in [0, 0.05) is 25.0 Å². The number of hydrogen-bond donors (Lipinski definition) is 1. The lowest BCUT2D eigenvalue weighted by atomic mass is 10.1. The number of aromatic amines is 1. The summed E-state index contributed by atoms with van der Waals surface area (Å²) in [4.78, 5) is 31.6. The lowest BCUT2D eigenvalue weighted by molar-refractivity contribution is -0.140. The standard InChI is InChI=1S/C24H17F8N5O3/c1-10(40-15-8-35-36-22(38)17(15)24(30,31)32)4-13(25)9-37-3-2-11-5-14(18(26)19(27)16(11)23(37)39)21-33-6-12(7-34-21)20(28)29/h2-3,5-8,10,13,20H,4,9H2,1H3,(H,36,38)/t10-,13+/m1/s1. The number of rotatable bonds is 8. The van der Waals surface area contributed by atoms with Gasteiger partial charge in [0.2, 0.25) is 0 Å². The highest BCUT2D eigenvalue weighted by Crippen LogP contribution is 2.33. The first-order valence-corrected chi connectivity index (χ1v) is 11.3. The molecule has 0 amide bonds. The van der Waals surface area contributed by atoms with Crippen LogP contribution in [-0.4, -0.2) is 37.0 Å². The SMILES string of the molecule is C[C@H](C[C@H](F)Cn1ccc2cc(-c3ncc(C(F)F)cn3)c(F)c(F)c2c1=O)Oc1cn[nH]c(=O)c1C(F)(F)F. The third kappa shape index (κ3) is 5.79. The molecule has 0 saturated carbocycles. The molecule has 3 heterocycles. The molecular weight excluding hydrogens is 558 g/mol. The van der Waals surface area contributed by atoms with Crippen molar-refractivity contribution in [2.45, 2.75) is 44.8 Å². The Morgan fingerprint density at radius 1 is 1.05 bits per heavy atom. The van der Waals surface area contributed by atoms with E-state index in [-0.39, 0.29) is 5.39 Å². The Hall–Kier alpha value is -4.37. The molecule has 0 radical (unpaired) electrons. The number of nitrogens with one attached hydrogen (secondary N) is 1. The van der Waals surface area contributed by atoms with Gasteiger partial charge in [-0.2, -0.15) is 18.3 Å². The van der Waals surface area contributed by atoms with Crippen LogP contribution in [0.2, 0.25) is 0 Å². The normalized spacial score (nSPS) is 13.6. The Morgan fingerprint density at radius 2 is 1.73 bits per heavy atom. The summed E-state index contributed by atoms with van der Waals surface area (Å²) in [5.41, 5.74) is -5.34. The molecular formula is C24H17F8N5O3. The van der Waals surface area contributed by atoms with Crippen LogP contribution >= 0.6 is 0 Å². The van der Waals surface area contributed by atoms with E-state index in [0.29, 0.717) is 6.20 Å². The third-order valence-corrected chi connectivity index (χ3v) is 5.73. The quantitative estimate of drug-likeness (QED) is 0.298. The molecule has 0 aliphatic carbocycles. The summed E-state index contributed by atoms with van der Waals surface area (Å²) in [5, 5.41) is 4.04. The number of ether oxygens (including phenoxy) is 1. The maximum Gasteiger partial charge on any atom is 0.425 e. The summed E-state index contributed by atoms with van der Waals surface area (Å²) in [5.74, 6) is -4.45. The number of alkyl halides is 6. The van der Waals surface area contributed by atoms with Gasteiger partial charge < -0.3 is 9.30 Å². The van der Waals surface area contributed by atoms with Crippen LogP contribution < -0.4 is 15.9 Å². The monoisotopic (exact) mass is 575 g/mol. The Morgan fingerprint density at radius 3 is 2.35 bits per heavy atom. The Labute approximate surface area is 218 Å². The van der Waals surface area contributed by atoms with Gasteiger partial charge in [-0.1, -0.05) is 0 Å². The number of H-pyrrole nitrogens is 1. The highest BCUT2D eigenvalue weighted by molar-refractivity contribution is 5.86. The maximum atomic E-state index is 14.9. The summed E-state index contributed by atoms with van der Waals surface area (Å²) in [6.45, 7) is 0.535. The van der Waals surface area contributed by atoms with E-state index in [2.05, 4.69) is 15.1 Å². The Balaban J connectivity index is 1.55. The summed E-state index contributed by atoms with van der Waals surface area (Å²) in [7, 11) is 0. The number of fused-ring (bicyclic) bond motifs is 1. The zero-order chi connectivity index (χ0) is 29.4. The molecule has 212 valence electrons. The smallest absolute Gasteiger partial charge is 0.425 e. The lowest BCUT2D eigenvalue weighted by Crippen LogP contribution is -2.29. The minimum Gasteiger partial charge on any atom is -0.488 e. The van der Waals surface area contributed by atoms with Gasteiger partial charge in [0.15, 0.2) is 28.8 Å². The number of benzene rings is 1. The fraction of sp³-hybridized carbons (Fsp3) is 0.292. The van der Waals surface area contributed by atoms with Crippen molar-refractivity contribution in [2.24, 2.45) is 0 Å². The van der Waals surface area contributed by atoms with Crippen LogP contribution in [0.1, 0.15) is 30.9 Å². The number of aromatic nitrogens is 5. The van der Waals surface area contributed by atoms with Gasteiger partial charge in [0.05, 0.1) is 35.4 Å². The minimum absolute atomic E-state index is 0.106. The number of hydrogen-bond acceptors (Lipinski definition) is 6. The molecule has 4 aromatic rings. The molecule has 40 heavy (non-hydrogen) atoms.